The van der Waals surface area contributed by atoms with Gasteiger partial charge in [-0.15, -0.1) is 0 Å². The maximum Gasteiger partial charge on any atom is 0.451 e. The van der Waals surface area contributed by atoms with Crippen LogP contribution < -0.4 is 5.73 Å². The zero-order chi connectivity index (χ0) is 8.69. The summed E-state index contributed by atoms with van der Waals surface area (Å²) >= 11 is 0. The first-order chi connectivity index (χ1) is 5.16. The zero-order valence-electron chi connectivity index (χ0n) is 6.61. The average Bonchev–Trinajstić information content (AvgIpc) is 1.97. The summed E-state index contributed by atoms with van der Waals surface area (Å²) < 4.78 is 0. The van der Waals surface area contributed by atoms with Gasteiger partial charge in [-0.2, -0.15) is 0 Å². The van der Waals surface area contributed by atoms with E-state index in [1.807, 2.05) is 0 Å². The van der Waals surface area contributed by atoms with Crippen molar-refractivity contribution in [3.05, 3.63) is 0 Å². The summed E-state index contributed by atoms with van der Waals surface area (Å²) in [7, 11) is -1.21. The molecule has 5 heteroatoms. The molecular formula is C6H16BNO3. The van der Waals surface area contributed by atoms with E-state index >= 15 is 0 Å². The molecule has 1 unspecified atom stereocenters. The second-order valence-electron chi connectivity index (χ2n) is 2.71. The molecule has 0 amide bonds. The van der Waals surface area contributed by atoms with Crippen molar-refractivity contribution < 1.29 is 15.2 Å². The van der Waals surface area contributed by atoms with Crippen molar-refractivity contribution in [1.82, 2.24) is 0 Å². The Morgan fingerprint density at radius 1 is 1.27 bits per heavy atom. The molecule has 11 heavy (non-hydrogen) atoms. The van der Waals surface area contributed by atoms with E-state index in [1.54, 1.807) is 0 Å². The minimum Gasteiger partial charge on any atom is -0.427 e. The molecule has 0 spiro atoms. The predicted octanol–water partition coefficient (Wildman–Crippen LogP) is -1.05. The summed E-state index contributed by atoms with van der Waals surface area (Å²) in [5, 5.41) is 25.4. The molecule has 0 aromatic heterocycles. The second kappa shape index (κ2) is 6.60. The first-order valence-corrected chi connectivity index (χ1v) is 3.89. The number of aliphatic hydroxyl groups is 1. The van der Waals surface area contributed by atoms with Crippen LogP contribution in [-0.2, 0) is 0 Å². The fourth-order valence-electron chi connectivity index (χ4n) is 0.825. The Kier molecular flexibility index (Phi) is 6.55. The smallest absolute Gasteiger partial charge is 0.427 e. The summed E-state index contributed by atoms with van der Waals surface area (Å²) in [6.45, 7) is 0.00167. The van der Waals surface area contributed by atoms with Gasteiger partial charge >= 0.3 is 7.12 Å². The van der Waals surface area contributed by atoms with Crippen LogP contribution in [0.1, 0.15) is 19.3 Å². The lowest BCUT2D eigenvalue weighted by atomic mass is 9.83. The van der Waals surface area contributed by atoms with Crippen LogP contribution in [-0.4, -0.2) is 34.9 Å². The lowest BCUT2D eigenvalue weighted by molar-refractivity contribution is 0.258. The molecule has 0 fully saturated rings. The molecule has 5 N–H and O–H groups in total. The van der Waals surface area contributed by atoms with Crippen LogP contribution in [0.25, 0.3) is 0 Å². The molecule has 0 saturated heterocycles. The monoisotopic (exact) mass is 161 g/mol. The molecule has 0 heterocycles. The van der Waals surface area contributed by atoms with E-state index in [9.17, 15) is 0 Å². The minimum atomic E-state index is -1.21. The van der Waals surface area contributed by atoms with Gasteiger partial charge in [-0.1, -0.05) is 12.8 Å². The van der Waals surface area contributed by atoms with E-state index in [-0.39, 0.29) is 12.6 Å². The largest absolute Gasteiger partial charge is 0.451 e. The summed E-state index contributed by atoms with van der Waals surface area (Å²) in [6, 6.07) is -0.161. The van der Waals surface area contributed by atoms with Crippen molar-refractivity contribution in [2.75, 3.05) is 6.61 Å². The van der Waals surface area contributed by atoms with Crippen LogP contribution in [0.5, 0.6) is 0 Å². The summed E-state index contributed by atoms with van der Waals surface area (Å²) in [4.78, 5) is 0. The molecule has 0 saturated carbocycles. The third-order valence-electron chi connectivity index (χ3n) is 1.52. The van der Waals surface area contributed by atoms with E-state index in [1.165, 1.54) is 0 Å². The van der Waals surface area contributed by atoms with E-state index in [0.29, 0.717) is 6.32 Å². The van der Waals surface area contributed by atoms with Crippen LogP contribution in [0.2, 0.25) is 6.32 Å². The Morgan fingerprint density at radius 2 is 1.91 bits per heavy atom. The lowest BCUT2D eigenvalue weighted by Gasteiger charge is -2.06. The first-order valence-electron chi connectivity index (χ1n) is 3.89. The van der Waals surface area contributed by atoms with Crippen LogP contribution in [0.15, 0.2) is 0 Å². The first kappa shape index (κ1) is 10.9. The third kappa shape index (κ3) is 7.81. The van der Waals surface area contributed by atoms with Crippen molar-refractivity contribution in [2.24, 2.45) is 5.73 Å². The predicted molar refractivity (Wildman–Crippen MR) is 43.9 cm³/mol. The van der Waals surface area contributed by atoms with Crippen molar-refractivity contribution >= 4 is 7.12 Å². The van der Waals surface area contributed by atoms with Gasteiger partial charge in [-0.25, -0.2) is 0 Å². The number of nitrogens with two attached hydrogens (primary N) is 1. The van der Waals surface area contributed by atoms with Crippen molar-refractivity contribution in [2.45, 2.75) is 31.6 Å². The average molecular weight is 161 g/mol. The fourth-order valence-corrected chi connectivity index (χ4v) is 0.825. The van der Waals surface area contributed by atoms with Gasteiger partial charge < -0.3 is 20.9 Å². The minimum absolute atomic E-state index is 0.00167. The van der Waals surface area contributed by atoms with Crippen molar-refractivity contribution in [3.8, 4) is 0 Å². The second-order valence-corrected chi connectivity index (χ2v) is 2.71. The molecule has 0 aromatic rings. The number of rotatable bonds is 6. The van der Waals surface area contributed by atoms with Crippen molar-refractivity contribution in [1.29, 1.82) is 0 Å². The van der Waals surface area contributed by atoms with Crippen LogP contribution >= 0.6 is 0 Å². The Hall–Kier alpha value is -0.0951. The molecule has 0 bridgehead atoms. The Bertz CT molecular complexity index is 91.9. The summed E-state index contributed by atoms with van der Waals surface area (Å²) in [5.41, 5.74) is 5.41. The van der Waals surface area contributed by atoms with E-state index < -0.39 is 7.12 Å². The Morgan fingerprint density at radius 3 is 2.36 bits per heavy atom. The maximum atomic E-state index is 8.52. The normalized spacial score (nSPS) is 13.1. The molecule has 0 rings (SSSR count). The summed E-state index contributed by atoms with van der Waals surface area (Å²) in [6.07, 6.45) is 2.70. The van der Waals surface area contributed by atoms with Gasteiger partial charge in [0.25, 0.3) is 0 Å². The lowest BCUT2D eigenvalue weighted by Crippen LogP contribution is -2.24. The number of hydrogen-bond donors (Lipinski definition) is 4. The fraction of sp³-hybridized carbons (Fsp3) is 1.00. The Labute approximate surface area is 67.2 Å². The molecule has 0 radical (unpaired) electrons. The standard InChI is InChI=1S/C6H16BNO3/c8-6(5-9)3-1-2-4-7(10)11/h6,9-11H,1-5,8H2. The SMILES string of the molecule is NC(CO)CCCCB(O)O. The van der Waals surface area contributed by atoms with Gasteiger partial charge in [-0.05, 0) is 12.7 Å². The molecular weight excluding hydrogens is 145 g/mol. The molecule has 0 aliphatic carbocycles. The number of unbranched alkanes of at least 4 members (excludes halogenated alkanes) is 1. The molecule has 66 valence electrons. The van der Waals surface area contributed by atoms with Gasteiger partial charge in [-0.3, -0.25) is 0 Å². The topological polar surface area (TPSA) is 86.7 Å². The van der Waals surface area contributed by atoms with E-state index in [2.05, 4.69) is 0 Å². The highest BCUT2D eigenvalue weighted by Crippen LogP contribution is 2.03. The maximum absolute atomic E-state index is 8.52. The number of aliphatic hydroxyl groups excluding tert-OH is 1. The van der Waals surface area contributed by atoms with Gasteiger partial charge in [0.15, 0.2) is 0 Å². The van der Waals surface area contributed by atoms with Crippen LogP contribution in [0, 0.1) is 0 Å². The van der Waals surface area contributed by atoms with E-state index in [0.717, 1.165) is 19.3 Å². The van der Waals surface area contributed by atoms with Gasteiger partial charge in [0.2, 0.25) is 0 Å². The highest BCUT2D eigenvalue weighted by atomic mass is 16.4. The van der Waals surface area contributed by atoms with Gasteiger partial charge in [0.05, 0.1) is 6.61 Å². The number of hydrogen-bond acceptors (Lipinski definition) is 4. The highest BCUT2D eigenvalue weighted by molar-refractivity contribution is 6.40. The van der Waals surface area contributed by atoms with Crippen molar-refractivity contribution in [3.63, 3.8) is 0 Å². The highest BCUT2D eigenvalue weighted by Gasteiger charge is 2.06. The van der Waals surface area contributed by atoms with Crippen LogP contribution in [0.4, 0.5) is 0 Å². The quantitative estimate of drug-likeness (QED) is 0.295. The molecule has 0 aromatic carbocycles. The van der Waals surface area contributed by atoms with E-state index in [4.69, 9.17) is 20.9 Å². The zero-order valence-corrected chi connectivity index (χ0v) is 6.61. The molecule has 4 nitrogen and oxygen atoms in total. The third-order valence-corrected chi connectivity index (χ3v) is 1.52. The van der Waals surface area contributed by atoms with Crippen LogP contribution in [0.3, 0.4) is 0 Å². The van der Waals surface area contributed by atoms with Gasteiger partial charge in [0.1, 0.15) is 0 Å². The van der Waals surface area contributed by atoms with Gasteiger partial charge in [0, 0.05) is 6.04 Å². The molecule has 1 atom stereocenters. The molecule has 0 aliphatic rings. The molecule has 0 aliphatic heterocycles. The summed E-state index contributed by atoms with van der Waals surface area (Å²) in [5.74, 6) is 0. The Balaban J connectivity index is 3.01.